The molecule has 3 aromatic rings. The molecule has 0 radical (unpaired) electrons. The minimum atomic E-state index is -4.49. The number of rotatable bonds is 2. The second kappa shape index (κ2) is 7.23. The van der Waals surface area contributed by atoms with Gasteiger partial charge in [-0.15, -0.1) is 0 Å². The van der Waals surface area contributed by atoms with Crippen LogP contribution < -0.4 is 15.8 Å². The fourth-order valence-electron chi connectivity index (χ4n) is 4.71. The first-order chi connectivity index (χ1) is 14.8. The molecule has 8 heteroatoms. The van der Waals surface area contributed by atoms with Crippen molar-refractivity contribution in [2.45, 2.75) is 24.6 Å². The highest BCUT2D eigenvalue weighted by Crippen LogP contribution is 2.43. The highest BCUT2D eigenvalue weighted by Gasteiger charge is 2.38. The van der Waals surface area contributed by atoms with Crippen LogP contribution in [0.1, 0.15) is 23.6 Å². The molecule has 0 bridgehead atoms. The van der Waals surface area contributed by atoms with Gasteiger partial charge in [-0.05, 0) is 48.4 Å². The highest BCUT2D eigenvalue weighted by molar-refractivity contribution is 5.66. The Bertz CT molecular complexity index is 1190. The van der Waals surface area contributed by atoms with E-state index >= 15 is 0 Å². The lowest BCUT2D eigenvalue weighted by Gasteiger charge is -2.31. The number of halogens is 3. The van der Waals surface area contributed by atoms with Crippen LogP contribution in [-0.4, -0.2) is 35.7 Å². The van der Waals surface area contributed by atoms with Crippen LogP contribution in [0.25, 0.3) is 16.8 Å². The molecular weight excluding hydrogens is 405 g/mol. The Kier molecular flexibility index (Phi) is 4.62. The summed E-state index contributed by atoms with van der Waals surface area (Å²) in [6.07, 6.45) is -0.611. The summed E-state index contributed by atoms with van der Waals surface area (Å²) in [6.45, 7) is 1.96. The number of benzene rings is 1. The monoisotopic (exact) mass is 426 g/mol. The number of aromatic nitrogens is 2. The zero-order valence-electron chi connectivity index (χ0n) is 16.9. The van der Waals surface area contributed by atoms with E-state index in [1.54, 1.807) is 16.8 Å². The van der Waals surface area contributed by atoms with Gasteiger partial charge in [-0.3, -0.25) is 14.3 Å². The van der Waals surface area contributed by atoms with Crippen molar-refractivity contribution in [3.8, 4) is 16.8 Å². The van der Waals surface area contributed by atoms with E-state index in [9.17, 15) is 18.0 Å². The fraction of sp³-hybridized carbons (Fsp3) is 0.304. The van der Waals surface area contributed by atoms with E-state index in [2.05, 4.69) is 28.3 Å². The molecule has 1 N–H and O–H groups in total. The van der Waals surface area contributed by atoms with Gasteiger partial charge in [0.25, 0.3) is 5.56 Å². The van der Waals surface area contributed by atoms with Gasteiger partial charge in [-0.25, -0.2) is 0 Å². The second-order valence-electron chi connectivity index (χ2n) is 8.07. The van der Waals surface area contributed by atoms with Gasteiger partial charge in [0.1, 0.15) is 5.69 Å². The van der Waals surface area contributed by atoms with E-state index in [0.29, 0.717) is 23.1 Å². The van der Waals surface area contributed by atoms with Crippen LogP contribution in [-0.2, 0) is 6.18 Å². The fourth-order valence-corrected chi connectivity index (χ4v) is 4.71. The van der Waals surface area contributed by atoms with E-state index in [4.69, 9.17) is 0 Å². The summed E-state index contributed by atoms with van der Waals surface area (Å²) < 4.78 is 39.7. The molecule has 160 valence electrons. The summed E-state index contributed by atoms with van der Waals surface area (Å²) in [4.78, 5) is 18.6. The van der Waals surface area contributed by atoms with Gasteiger partial charge in [0.2, 0.25) is 0 Å². The number of piperidine rings is 1. The van der Waals surface area contributed by atoms with E-state index < -0.39 is 11.9 Å². The summed E-state index contributed by atoms with van der Waals surface area (Å²) in [5.41, 5.74) is 2.97. The van der Waals surface area contributed by atoms with Crippen LogP contribution in [0.3, 0.4) is 0 Å². The van der Waals surface area contributed by atoms with Crippen molar-refractivity contribution in [3.63, 3.8) is 0 Å². The summed E-state index contributed by atoms with van der Waals surface area (Å²) in [5, 5.41) is 3.46. The Labute approximate surface area is 177 Å². The van der Waals surface area contributed by atoms with Crippen molar-refractivity contribution in [1.29, 1.82) is 0 Å². The van der Waals surface area contributed by atoms with Crippen molar-refractivity contribution < 1.29 is 13.2 Å². The first kappa shape index (κ1) is 19.8. The number of fused-ring (bicyclic) bond motifs is 3. The minimum absolute atomic E-state index is 0.253. The quantitative estimate of drug-likeness (QED) is 0.677. The molecule has 0 saturated carbocycles. The average Bonchev–Trinajstić information content (AvgIpc) is 3.05. The molecule has 4 heterocycles. The third-order valence-electron chi connectivity index (χ3n) is 6.32. The molecule has 2 aromatic heterocycles. The number of pyridine rings is 2. The smallest absolute Gasteiger partial charge is 0.371 e. The van der Waals surface area contributed by atoms with Crippen LogP contribution >= 0.6 is 0 Å². The number of hydrogen-bond donors (Lipinski definition) is 1. The van der Waals surface area contributed by atoms with Gasteiger partial charge in [0.05, 0.1) is 5.69 Å². The van der Waals surface area contributed by atoms with Crippen LogP contribution in [0.15, 0.2) is 59.7 Å². The molecule has 1 fully saturated rings. The Hall–Kier alpha value is -3.13. The summed E-state index contributed by atoms with van der Waals surface area (Å²) in [5.74, 6) is 0.453. The van der Waals surface area contributed by atoms with Gasteiger partial charge in [0, 0.05) is 55.3 Å². The maximum atomic E-state index is 12.8. The van der Waals surface area contributed by atoms with Crippen molar-refractivity contribution in [3.05, 3.63) is 76.5 Å². The summed E-state index contributed by atoms with van der Waals surface area (Å²) in [6, 6.07) is 11.9. The van der Waals surface area contributed by atoms with Crippen LogP contribution in [0, 0.1) is 0 Å². The molecule has 5 rings (SSSR count). The Morgan fingerprint density at radius 3 is 2.65 bits per heavy atom. The molecule has 0 amide bonds. The van der Waals surface area contributed by atoms with Crippen LogP contribution in [0.2, 0.25) is 0 Å². The third-order valence-corrected chi connectivity index (χ3v) is 6.32. The Morgan fingerprint density at radius 1 is 1.10 bits per heavy atom. The van der Waals surface area contributed by atoms with Gasteiger partial charge < -0.3 is 10.2 Å². The number of hydrogen-bond acceptors (Lipinski definition) is 4. The number of likely N-dealkylation sites (N-methyl/N-ethyl adjacent to an activating group) is 1. The first-order valence-electron chi connectivity index (χ1n) is 10.2. The lowest BCUT2D eigenvalue weighted by molar-refractivity contribution is -0.141. The maximum Gasteiger partial charge on any atom is 0.433 e. The number of alkyl halides is 3. The molecule has 1 aromatic carbocycles. The predicted octanol–water partition coefficient (Wildman–Crippen LogP) is 3.81. The zero-order valence-corrected chi connectivity index (χ0v) is 16.9. The van der Waals surface area contributed by atoms with E-state index in [0.717, 1.165) is 43.1 Å². The number of anilines is 1. The van der Waals surface area contributed by atoms with Crippen LogP contribution in [0.4, 0.5) is 18.9 Å². The van der Waals surface area contributed by atoms with Crippen molar-refractivity contribution in [2.75, 3.05) is 25.0 Å². The minimum Gasteiger partial charge on any atom is -0.371 e. The van der Waals surface area contributed by atoms with Gasteiger partial charge in [0.15, 0.2) is 0 Å². The Balaban J connectivity index is 1.46. The molecule has 5 nitrogen and oxygen atoms in total. The first-order valence-corrected chi connectivity index (χ1v) is 10.2. The largest absolute Gasteiger partial charge is 0.433 e. The number of nitrogens with one attached hydrogen (secondary N) is 1. The Morgan fingerprint density at radius 2 is 1.94 bits per heavy atom. The van der Waals surface area contributed by atoms with Gasteiger partial charge in [-0.1, -0.05) is 12.1 Å². The molecule has 1 saturated heterocycles. The molecule has 2 atom stereocenters. The molecule has 31 heavy (non-hydrogen) atoms. The maximum absolute atomic E-state index is 12.8. The molecule has 2 aliphatic rings. The molecule has 2 aliphatic heterocycles. The highest BCUT2D eigenvalue weighted by atomic mass is 19.4. The summed E-state index contributed by atoms with van der Waals surface area (Å²) in [7, 11) is 2.10. The summed E-state index contributed by atoms with van der Waals surface area (Å²) >= 11 is 0. The van der Waals surface area contributed by atoms with Crippen LogP contribution in [0.5, 0.6) is 0 Å². The zero-order chi connectivity index (χ0) is 21.8. The SMILES string of the molecule is CN1c2cc(-n3ccc(-c4ccc(C(F)(F)F)nc4)cc3=O)ccc2C2CNCCC21. The average molecular weight is 426 g/mol. The third kappa shape index (κ3) is 3.40. The standard InChI is InChI=1S/C23H21F3N4O/c1-29-19-6-8-27-13-18(19)17-4-3-16(11-20(17)29)30-9-7-14(10-22(30)31)15-2-5-21(28-12-15)23(24,25)26/h2-5,7,9-12,18-19,27H,6,8,13H2,1H3. The van der Waals surface area contributed by atoms with Gasteiger partial charge in [-0.2, -0.15) is 13.2 Å². The van der Waals surface area contributed by atoms with Crippen molar-refractivity contribution >= 4 is 5.69 Å². The normalized spacial score (nSPS) is 20.5. The number of nitrogens with zero attached hydrogens (tertiary/aromatic N) is 3. The van der Waals surface area contributed by atoms with E-state index in [1.807, 2.05) is 12.1 Å². The van der Waals surface area contributed by atoms with Gasteiger partial charge >= 0.3 is 6.18 Å². The van der Waals surface area contributed by atoms with E-state index in [1.165, 1.54) is 17.7 Å². The molecule has 0 aliphatic carbocycles. The predicted molar refractivity (Wildman–Crippen MR) is 113 cm³/mol. The lowest BCUT2D eigenvalue weighted by atomic mass is 9.90. The molecular formula is C23H21F3N4O. The second-order valence-corrected chi connectivity index (χ2v) is 8.07. The lowest BCUT2D eigenvalue weighted by Crippen LogP contribution is -2.42. The molecule has 2 unspecified atom stereocenters. The van der Waals surface area contributed by atoms with Crippen molar-refractivity contribution in [2.24, 2.45) is 0 Å². The van der Waals surface area contributed by atoms with Crippen molar-refractivity contribution in [1.82, 2.24) is 14.9 Å². The van der Waals surface area contributed by atoms with E-state index in [-0.39, 0.29) is 5.56 Å². The topological polar surface area (TPSA) is 50.2 Å². The molecule has 0 spiro atoms.